The molecule has 1 aromatic rings. The van der Waals surface area contributed by atoms with Crippen LogP contribution in [0, 0.1) is 6.92 Å². The molecule has 88 valence electrons. The molecule has 0 radical (unpaired) electrons. The number of carbonyl (C=O) groups is 1. The maximum atomic E-state index is 11.9. The molecule has 16 heavy (non-hydrogen) atoms. The second-order valence-electron chi connectivity index (χ2n) is 4.82. The number of hydrogen-bond donors (Lipinski definition) is 2. The number of aromatic nitrogens is 3. The molecule has 2 rings (SSSR count). The first kappa shape index (κ1) is 11.1. The minimum atomic E-state index is -0.172. The number of nitrogens with one attached hydrogen (secondary N) is 2. The smallest absolute Gasteiger partial charge is 0.291 e. The van der Waals surface area contributed by atoms with Crippen LogP contribution in [0.4, 0.5) is 0 Å². The van der Waals surface area contributed by atoms with E-state index in [9.17, 15) is 4.79 Å². The van der Waals surface area contributed by atoms with Crippen LogP contribution in [-0.2, 0) is 0 Å². The van der Waals surface area contributed by atoms with Gasteiger partial charge < -0.3 is 5.32 Å². The number of carbonyl (C=O) groups excluding carboxylic acids is 1. The first-order chi connectivity index (χ1) is 7.59. The van der Waals surface area contributed by atoms with Gasteiger partial charge in [0.1, 0.15) is 5.82 Å². The topological polar surface area (TPSA) is 70.7 Å². The SMILES string of the molecule is Cc1nc(C(=O)NC2(C)CCCCC2)n[nH]1. The molecule has 0 spiro atoms. The average molecular weight is 222 g/mol. The molecule has 1 saturated carbocycles. The number of nitrogens with zero attached hydrogens (tertiary/aromatic N) is 2. The zero-order chi connectivity index (χ0) is 11.6. The van der Waals surface area contributed by atoms with Crippen molar-refractivity contribution in [2.75, 3.05) is 0 Å². The Morgan fingerprint density at radius 1 is 1.38 bits per heavy atom. The lowest BCUT2D eigenvalue weighted by Gasteiger charge is -2.34. The molecule has 0 aliphatic heterocycles. The van der Waals surface area contributed by atoms with Crippen LogP contribution in [0.1, 0.15) is 55.5 Å². The molecule has 5 heteroatoms. The molecule has 0 aromatic carbocycles. The van der Waals surface area contributed by atoms with Crippen LogP contribution in [-0.4, -0.2) is 26.6 Å². The Kier molecular flexibility index (Phi) is 2.94. The highest BCUT2D eigenvalue weighted by Crippen LogP contribution is 2.27. The van der Waals surface area contributed by atoms with Gasteiger partial charge in [-0.15, -0.1) is 5.10 Å². The molecule has 0 atom stereocenters. The highest BCUT2D eigenvalue weighted by molar-refractivity contribution is 5.90. The maximum Gasteiger partial charge on any atom is 0.291 e. The lowest BCUT2D eigenvalue weighted by molar-refractivity contribution is 0.0872. The van der Waals surface area contributed by atoms with Crippen molar-refractivity contribution < 1.29 is 4.79 Å². The normalized spacial score (nSPS) is 19.4. The van der Waals surface area contributed by atoms with Crippen LogP contribution in [0.25, 0.3) is 0 Å². The zero-order valence-electron chi connectivity index (χ0n) is 9.84. The van der Waals surface area contributed by atoms with Crippen molar-refractivity contribution >= 4 is 5.91 Å². The number of rotatable bonds is 2. The summed E-state index contributed by atoms with van der Waals surface area (Å²) in [6, 6.07) is 0. The van der Waals surface area contributed by atoms with Crippen LogP contribution in [0.5, 0.6) is 0 Å². The summed E-state index contributed by atoms with van der Waals surface area (Å²) in [5.74, 6) is 0.733. The van der Waals surface area contributed by atoms with Gasteiger partial charge in [-0.1, -0.05) is 19.3 Å². The second-order valence-corrected chi connectivity index (χ2v) is 4.82. The van der Waals surface area contributed by atoms with E-state index in [4.69, 9.17) is 0 Å². The van der Waals surface area contributed by atoms with Crippen molar-refractivity contribution in [3.05, 3.63) is 11.6 Å². The molecule has 0 unspecified atom stereocenters. The summed E-state index contributed by atoms with van der Waals surface area (Å²) >= 11 is 0. The summed E-state index contributed by atoms with van der Waals surface area (Å²) in [5.41, 5.74) is -0.0795. The highest BCUT2D eigenvalue weighted by atomic mass is 16.2. The Bertz CT molecular complexity index is 379. The van der Waals surface area contributed by atoms with E-state index in [0.717, 1.165) is 12.8 Å². The largest absolute Gasteiger partial charge is 0.344 e. The number of H-pyrrole nitrogens is 1. The Hall–Kier alpha value is -1.39. The van der Waals surface area contributed by atoms with Crippen LogP contribution >= 0.6 is 0 Å². The Morgan fingerprint density at radius 3 is 2.62 bits per heavy atom. The Morgan fingerprint density at radius 2 is 2.06 bits per heavy atom. The summed E-state index contributed by atoms with van der Waals surface area (Å²) in [5, 5.41) is 9.58. The first-order valence-corrected chi connectivity index (χ1v) is 5.81. The first-order valence-electron chi connectivity index (χ1n) is 5.81. The fourth-order valence-corrected chi connectivity index (χ4v) is 2.23. The van der Waals surface area contributed by atoms with Gasteiger partial charge in [0.2, 0.25) is 5.82 Å². The predicted octanol–water partition coefficient (Wildman–Crippen LogP) is 1.57. The minimum Gasteiger partial charge on any atom is -0.344 e. The molecule has 1 amide bonds. The molecule has 0 saturated heterocycles. The molecule has 1 aliphatic rings. The molecular weight excluding hydrogens is 204 g/mol. The van der Waals surface area contributed by atoms with Gasteiger partial charge in [-0.05, 0) is 26.7 Å². The van der Waals surface area contributed by atoms with Crippen molar-refractivity contribution in [2.24, 2.45) is 0 Å². The third kappa shape index (κ3) is 2.40. The van der Waals surface area contributed by atoms with E-state index < -0.39 is 0 Å². The van der Waals surface area contributed by atoms with E-state index in [1.54, 1.807) is 6.92 Å². The van der Waals surface area contributed by atoms with Gasteiger partial charge in [0.15, 0.2) is 0 Å². The van der Waals surface area contributed by atoms with Crippen LogP contribution < -0.4 is 5.32 Å². The molecule has 1 aromatic heterocycles. The number of aromatic amines is 1. The highest BCUT2D eigenvalue weighted by Gasteiger charge is 2.29. The molecule has 1 heterocycles. The summed E-state index contributed by atoms with van der Waals surface area (Å²) in [6.45, 7) is 3.88. The van der Waals surface area contributed by atoms with Gasteiger partial charge in [0.25, 0.3) is 5.91 Å². The molecule has 1 fully saturated rings. The summed E-state index contributed by atoms with van der Waals surface area (Å²) in [7, 11) is 0. The summed E-state index contributed by atoms with van der Waals surface area (Å²) in [6.07, 6.45) is 5.73. The summed E-state index contributed by atoms with van der Waals surface area (Å²) < 4.78 is 0. The number of amides is 1. The van der Waals surface area contributed by atoms with Crippen molar-refractivity contribution in [1.82, 2.24) is 20.5 Å². The maximum absolute atomic E-state index is 11.9. The van der Waals surface area contributed by atoms with Gasteiger partial charge in [0.05, 0.1) is 0 Å². The van der Waals surface area contributed by atoms with Crippen molar-refractivity contribution in [3.8, 4) is 0 Å². The number of aryl methyl sites for hydroxylation is 1. The average Bonchev–Trinajstić information content (AvgIpc) is 2.65. The van der Waals surface area contributed by atoms with E-state index in [1.807, 2.05) is 0 Å². The van der Waals surface area contributed by atoms with Crippen molar-refractivity contribution in [3.63, 3.8) is 0 Å². The van der Waals surface area contributed by atoms with Gasteiger partial charge >= 0.3 is 0 Å². The third-order valence-electron chi connectivity index (χ3n) is 3.17. The van der Waals surface area contributed by atoms with Gasteiger partial charge in [0, 0.05) is 5.54 Å². The lowest BCUT2D eigenvalue weighted by atomic mass is 9.83. The fraction of sp³-hybridized carbons (Fsp3) is 0.727. The third-order valence-corrected chi connectivity index (χ3v) is 3.17. The van der Waals surface area contributed by atoms with E-state index in [2.05, 4.69) is 27.4 Å². The Balaban J connectivity index is 2.01. The molecule has 0 bridgehead atoms. The van der Waals surface area contributed by atoms with E-state index >= 15 is 0 Å². The minimum absolute atomic E-state index is 0.0795. The quantitative estimate of drug-likeness (QED) is 0.797. The van der Waals surface area contributed by atoms with Gasteiger partial charge in [-0.3, -0.25) is 9.89 Å². The van der Waals surface area contributed by atoms with Crippen molar-refractivity contribution in [2.45, 2.75) is 51.5 Å². The molecule has 2 N–H and O–H groups in total. The second kappa shape index (κ2) is 4.23. The molecule has 1 aliphatic carbocycles. The Labute approximate surface area is 95.0 Å². The monoisotopic (exact) mass is 222 g/mol. The lowest BCUT2D eigenvalue weighted by Crippen LogP contribution is -2.47. The molecular formula is C11H18N4O. The predicted molar refractivity (Wildman–Crippen MR) is 60.1 cm³/mol. The van der Waals surface area contributed by atoms with Gasteiger partial charge in [-0.25, -0.2) is 4.98 Å². The van der Waals surface area contributed by atoms with E-state index in [1.165, 1.54) is 19.3 Å². The zero-order valence-corrected chi connectivity index (χ0v) is 9.84. The standard InChI is InChI=1S/C11H18N4O/c1-8-12-9(15-14-8)10(16)13-11(2)6-4-3-5-7-11/h3-7H2,1-2H3,(H,13,16)(H,12,14,15). The van der Waals surface area contributed by atoms with Crippen LogP contribution in [0.2, 0.25) is 0 Å². The van der Waals surface area contributed by atoms with Crippen LogP contribution in [0.15, 0.2) is 0 Å². The van der Waals surface area contributed by atoms with Crippen molar-refractivity contribution in [1.29, 1.82) is 0 Å². The van der Waals surface area contributed by atoms with E-state index in [-0.39, 0.29) is 17.3 Å². The molecule has 5 nitrogen and oxygen atoms in total. The van der Waals surface area contributed by atoms with E-state index in [0.29, 0.717) is 5.82 Å². The van der Waals surface area contributed by atoms with Gasteiger partial charge in [-0.2, -0.15) is 0 Å². The summed E-state index contributed by atoms with van der Waals surface area (Å²) in [4.78, 5) is 15.9. The fourth-order valence-electron chi connectivity index (χ4n) is 2.23. The number of hydrogen-bond acceptors (Lipinski definition) is 3. The van der Waals surface area contributed by atoms with Crippen LogP contribution in [0.3, 0.4) is 0 Å².